The number of carbonyl (C=O) groups excluding carboxylic acids is 2. The molecular weight excluding hydrogens is 328 g/mol. The topological polar surface area (TPSA) is 81.4 Å². The lowest BCUT2D eigenvalue weighted by Crippen LogP contribution is -2.38. The van der Waals surface area contributed by atoms with Gasteiger partial charge in [-0.2, -0.15) is 0 Å². The molecule has 0 bridgehead atoms. The third-order valence-electron chi connectivity index (χ3n) is 4.49. The normalized spacial score (nSPS) is 20.8. The van der Waals surface area contributed by atoms with Crippen LogP contribution in [0.3, 0.4) is 0 Å². The quantitative estimate of drug-likeness (QED) is 0.737. The molecule has 0 aromatic heterocycles. The second kappa shape index (κ2) is 10.3. The molecule has 0 heterocycles. The first-order valence-electron chi connectivity index (χ1n) is 8.36. The maximum Gasteiger partial charge on any atom is 0.308 e. The first kappa shape index (κ1) is 20.5. The number of benzene rings is 1. The van der Waals surface area contributed by atoms with Crippen molar-refractivity contribution in [3.8, 4) is 0 Å². The van der Waals surface area contributed by atoms with Gasteiger partial charge in [-0.1, -0.05) is 36.8 Å². The van der Waals surface area contributed by atoms with Crippen LogP contribution in [0, 0.1) is 11.8 Å². The van der Waals surface area contributed by atoms with E-state index < -0.39 is 0 Å². The van der Waals surface area contributed by atoms with Crippen LogP contribution in [0.4, 0.5) is 0 Å². The highest BCUT2D eigenvalue weighted by molar-refractivity contribution is 5.85. The molecule has 1 fully saturated rings. The molecular formula is C18H27ClN2O3. The first-order chi connectivity index (χ1) is 11.2. The summed E-state index contributed by atoms with van der Waals surface area (Å²) < 4.78 is 5.03. The lowest BCUT2D eigenvalue weighted by Gasteiger charge is -2.23. The van der Waals surface area contributed by atoms with E-state index in [-0.39, 0.29) is 48.6 Å². The van der Waals surface area contributed by atoms with Crippen LogP contribution < -0.4 is 11.1 Å². The minimum Gasteiger partial charge on any atom is -0.466 e. The molecule has 1 aliphatic rings. The van der Waals surface area contributed by atoms with Gasteiger partial charge in [0.1, 0.15) is 0 Å². The van der Waals surface area contributed by atoms with Crippen molar-refractivity contribution < 1.29 is 14.3 Å². The maximum atomic E-state index is 12.6. The third-order valence-corrected chi connectivity index (χ3v) is 4.49. The molecule has 0 aliphatic heterocycles. The number of hydrogen-bond donors (Lipinski definition) is 2. The van der Waals surface area contributed by atoms with Crippen molar-refractivity contribution in [1.29, 1.82) is 0 Å². The number of halogens is 1. The molecule has 0 saturated heterocycles. The van der Waals surface area contributed by atoms with Gasteiger partial charge in [0.05, 0.1) is 19.1 Å². The van der Waals surface area contributed by atoms with E-state index in [9.17, 15) is 9.59 Å². The van der Waals surface area contributed by atoms with Gasteiger partial charge in [0, 0.05) is 5.92 Å². The van der Waals surface area contributed by atoms with Gasteiger partial charge >= 0.3 is 5.97 Å². The van der Waals surface area contributed by atoms with E-state index in [0.29, 0.717) is 13.2 Å². The van der Waals surface area contributed by atoms with Gasteiger partial charge in [0.2, 0.25) is 5.91 Å². The van der Waals surface area contributed by atoms with Crippen LogP contribution in [0.2, 0.25) is 0 Å². The number of ether oxygens (including phenoxy) is 1. The Morgan fingerprint density at radius 2 is 2.00 bits per heavy atom. The third kappa shape index (κ3) is 5.49. The fourth-order valence-corrected chi connectivity index (χ4v) is 3.27. The van der Waals surface area contributed by atoms with Crippen molar-refractivity contribution in [2.24, 2.45) is 17.6 Å². The average molecular weight is 355 g/mol. The second-order valence-corrected chi connectivity index (χ2v) is 6.01. The number of carbonyl (C=O) groups is 2. The Bertz CT molecular complexity index is 524. The fourth-order valence-electron chi connectivity index (χ4n) is 3.27. The van der Waals surface area contributed by atoms with E-state index in [1.807, 2.05) is 30.3 Å². The standard InChI is InChI=1S/C18H26N2O3.ClH/c1-2-23-17(21)11-16(13-7-4-3-5-8-13)20-18(22)15-10-6-9-14(15)12-19;/h3-5,7-8,14-16H,2,6,9-12,19H2,1H3,(H,20,22);1H/t14-,15-,16?;/m1./s1. The van der Waals surface area contributed by atoms with E-state index in [0.717, 1.165) is 24.8 Å². The van der Waals surface area contributed by atoms with E-state index in [4.69, 9.17) is 10.5 Å². The highest BCUT2D eigenvalue weighted by Gasteiger charge is 2.33. The number of nitrogens with two attached hydrogens (primary N) is 1. The molecule has 3 N–H and O–H groups in total. The number of hydrogen-bond acceptors (Lipinski definition) is 4. The van der Waals surface area contributed by atoms with Gasteiger partial charge in [-0.25, -0.2) is 0 Å². The summed E-state index contributed by atoms with van der Waals surface area (Å²) in [5.41, 5.74) is 6.68. The first-order valence-corrected chi connectivity index (χ1v) is 8.36. The monoisotopic (exact) mass is 354 g/mol. The fraction of sp³-hybridized carbons (Fsp3) is 0.556. The zero-order valence-electron chi connectivity index (χ0n) is 14.1. The molecule has 134 valence electrons. The number of rotatable bonds is 7. The molecule has 0 radical (unpaired) electrons. The molecule has 1 unspecified atom stereocenters. The molecule has 5 nitrogen and oxygen atoms in total. The summed E-state index contributed by atoms with van der Waals surface area (Å²) in [7, 11) is 0. The predicted molar refractivity (Wildman–Crippen MR) is 95.7 cm³/mol. The van der Waals surface area contributed by atoms with E-state index in [1.54, 1.807) is 6.92 Å². The second-order valence-electron chi connectivity index (χ2n) is 6.01. The van der Waals surface area contributed by atoms with Crippen LogP contribution in [0.1, 0.15) is 44.2 Å². The molecule has 2 rings (SSSR count). The van der Waals surface area contributed by atoms with Crippen molar-refractivity contribution in [3.05, 3.63) is 35.9 Å². The van der Waals surface area contributed by atoms with Gasteiger partial charge in [-0.3, -0.25) is 9.59 Å². The summed E-state index contributed by atoms with van der Waals surface area (Å²) in [5, 5.41) is 3.03. The molecule has 1 aromatic rings. The Morgan fingerprint density at radius 3 is 2.62 bits per heavy atom. The van der Waals surface area contributed by atoms with Gasteiger partial charge < -0.3 is 15.8 Å². The SMILES string of the molecule is CCOC(=O)CC(NC(=O)[C@@H]1CCC[C@@H]1CN)c1ccccc1.Cl. The van der Waals surface area contributed by atoms with Gasteiger partial charge in [-0.15, -0.1) is 12.4 Å². The highest BCUT2D eigenvalue weighted by Crippen LogP contribution is 2.32. The van der Waals surface area contributed by atoms with Crippen molar-refractivity contribution in [2.45, 2.75) is 38.6 Å². The van der Waals surface area contributed by atoms with Crippen molar-refractivity contribution in [3.63, 3.8) is 0 Å². The highest BCUT2D eigenvalue weighted by atomic mass is 35.5. The van der Waals surface area contributed by atoms with Crippen molar-refractivity contribution in [1.82, 2.24) is 5.32 Å². The van der Waals surface area contributed by atoms with E-state index >= 15 is 0 Å². The largest absolute Gasteiger partial charge is 0.466 e. The predicted octanol–water partition coefficient (Wildman–Crippen LogP) is 2.59. The summed E-state index contributed by atoms with van der Waals surface area (Å²) >= 11 is 0. The summed E-state index contributed by atoms with van der Waals surface area (Å²) in [4.78, 5) is 24.5. The molecule has 3 atom stereocenters. The van der Waals surface area contributed by atoms with Crippen LogP contribution in [0.15, 0.2) is 30.3 Å². The molecule has 24 heavy (non-hydrogen) atoms. The lowest BCUT2D eigenvalue weighted by atomic mass is 9.94. The Balaban J connectivity index is 0.00000288. The smallest absolute Gasteiger partial charge is 0.308 e. The summed E-state index contributed by atoms with van der Waals surface area (Å²) in [6, 6.07) is 9.18. The zero-order valence-corrected chi connectivity index (χ0v) is 14.9. The average Bonchev–Trinajstić information content (AvgIpc) is 3.04. The lowest BCUT2D eigenvalue weighted by molar-refractivity contribution is -0.144. The summed E-state index contributed by atoms with van der Waals surface area (Å²) in [6.45, 7) is 2.65. The molecule has 6 heteroatoms. The van der Waals surface area contributed by atoms with Gasteiger partial charge in [-0.05, 0) is 37.8 Å². The number of nitrogens with one attached hydrogen (secondary N) is 1. The van der Waals surface area contributed by atoms with Crippen LogP contribution in [0.25, 0.3) is 0 Å². The molecule has 1 amide bonds. The number of esters is 1. The van der Waals surface area contributed by atoms with Gasteiger partial charge in [0.25, 0.3) is 0 Å². The molecule has 0 spiro atoms. The Kier molecular flexibility index (Phi) is 8.79. The Labute approximate surface area is 149 Å². The minimum atomic E-state index is -0.359. The summed E-state index contributed by atoms with van der Waals surface area (Å²) in [5.74, 6) is -0.109. The Morgan fingerprint density at radius 1 is 1.29 bits per heavy atom. The van der Waals surface area contributed by atoms with Crippen molar-refractivity contribution in [2.75, 3.05) is 13.2 Å². The van der Waals surface area contributed by atoms with Crippen LogP contribution in [0.5, 0.6) is 0 Å². The van der Waals surface area contributed by atoms with E-state index in [1.165, 1.54) is 0 Å². The van der Waals surface area contributed by atoms with Crippen LogP contribution >= 0.6 is 12.4 Å². The molecule has 1 aliphatic carbocycles. The molecule has 1 aromatic carbocycles. The van der Waals surface area contributed by atoms with Gasteiger partial charge in [0.15, 0.2) is 0 Å². The van der Waals surface area contributed by atoms with Crippen LogP contribution in [-0.2, 0) is 14.3 Å². The van der Waals surface area contributed by atoms with E-state index in [2.05, 4.69) is 5.32 Å². The number of amides is 1. The van der Waals surface area contributed by atoms with Crippen LogP contribution in [-0.4, -0.2) is 25.0 Å². The maximum absolute atomic E-state index is 12.6. The summed E-state index contributed by atoms with van der Waals surface area (Å²) in [6.07, 6.45) is 3.05. The Hall–Kier alpha value is -1.59. The minimum absolute atomic E-state index is 0. The molecule has 1 saturated carbocycles. The van der Waals surface area contributed by atoms with Crippen molar-refractivity contribution >= 4 is 24.3 Å². The zero-order chi connectivity index (χ0) is 16.7.